The number of carbonyl (C=O) groups excluding carboxylic acids is 2. The number of pyridine rings is 1. The normalized spacial score (nSPS) is 19.7. The van der Waals surface area contributed by atoms with Crippen LogP contribution in [0.1, 0.15) is 42.7 Å². The van der Waals surface area contributed by atoms with Gasteiger partial charge in [-0.05, 0) is 26.8 Å². The molecular formula is C23H24ClN7O2. The molecule has 2 amide bonds. The first kappa shape index (κ1) is 22.5. The van der Waals surface area contributed by atoms with E-state index >= 15 is 0 Å². The van der Waals surface area contributed by atoms with Crippen LogP contribution >= 0.6 is 11.6 Å². The van der Waals surface area contributed by atoms with Gasteiger partial charge in [-0.2, -0.15) is 0 Å². The number of urea groups is 1. The number of carbonyl (C=O) groups is 2. The Balaban J connectivity index is 1.56. The van der Waals surface area contributed by atoms with Gasteiger partial charge in [0.15, 0.2) is 5.78 Å². The van der Waals surface area contributed by atoms with Crippen LogP contribution < -0.4 is 16.4 Å². The van der Waals surface area contributed by atoms with E-state index in [9.17, 15) is 9.59 Å². The third-order valence-corrected chi connectivity index (χ3v) is 5.51. The molecular weight excluding hydrogens is 442 g/mol. The zero-order chi connectivity index (χ0) is 23.8. The monoisotopic (exact) mass is 465 g/mol. The summed E-state index contributed by atoms with van der Waals surface area (Å²) in [6.45, 7) is 5.83. The molecule has 3 aromatic rings. The van der Waals surface area contributed by atoms with Crippen molar-refractivity contribution in [1.29, 1.82) is 0 Å². The minimum Gasteiger partial charge on any atom is -0.383 e. The number of nitrogen functional groups attached to an aromatic ring is 1. The average Bonchev–Trinajstić information content (AvgIpc) is 3.16. The van der Waals surface area contributed by atoms with E-state index < -0.39 is 10.9 Å². The molecule has 4 N–H and O–H groups in total. The van der Waals surface area contributed by atoms with Gasteiger partial charge in [-0.15, -0.1) is 11.6 Å². The largest absolute Gasteiger partial charge is 0.383 e. The van der Waals surface area contributed by atoms with E-state index in [0.29, 0.717) is 27.8 Å². The van der Waals surface area contributed by atoms with Crippen LogP contribution in [-0.4, -0.2) is 42.2 Å². The van der Waals surface area contributed by atoms with Crippen molar-refractivity contribution < 1.29 is 9.59 Å². The lowest BCUT2D eigenvalue weighted by molar-refractivity contribution is 0.103. The summed E-state index contributed by atoms with van der Waals surface area (Å²) < 4.78 is 1.88. The highest BCUT2D eigenvalue weighted by Gasteiger charge is 2.22. The number of nitrogens with zero attached hydrogens (tertiary/aromatic N) is 4. The number of ketones is 1. The Morgan fingerprint density at radius 1 is 1.21 bits per heavy atom. The Morgan fingerprint density at radius 3 is 2.64 bits per heavy atom. The smallest absolute Gasteiger partial charge is 0.319 e. The second-order valence-corrected chi connectivity index (χ2v) is 9.10. The maximum atomic E-state index is 13.3. The van der Waals surface area contributed by atoms with E-state index in [4.69, 9.17) is 17.3 Å². The number of nitrogens with one attached hydrogen (secondary N) is 2. The van der Waals surface area contributed by atoms with E-state index in [1.807, 2.05) is 49.6 Å². The van der Waals surface area contributed by atoms with Crippen molar-refractivity contribution in [3.8, 4) is 0 Å². The molecule has 10 heteroatoms. The van der Waals surface area contributed by atoms with Gasteiger partial charge in [0.2, 0.25) is 0 Å². The summed E-state index contributed by atoms with van der Waals surface area (Å²) in [6.07, 6.45) is 13.2. The lowest BCUT2D eigenvalue weighted by Gasteiger charge is -2.21. The first-order valence-corrected chi connectivity index (χ1v) is 10.8. The minimum atomic E-state index is -0.555. The Morgan fingerprint density at radius 2 is 1.94 bits per heavy atom. The van der Waals surface area contributed by atoms with Crippen molar-refractivity contribution in [3.63, 3.8) is 0 Å². The Hall–Kier alpha value is -3.72. The molecule has 33 heavy (non-hydrogen) atoms. The maximum absolute atomic E-state index is 13.3. The summed E-state index contributed by atoms with van der Waals surface area (Å²) in [4.78, 5) is 37.7. The van der Waals surface area contributed by atoms with E-state index in [1.165, 1.54) is 18.7 Å². The van der Waals surface area contributed by atoms with Crippen molar-refractivity contribution in [2.45, 2.75) is 37.7 Å². The topological polar surface area (TPSA) is 128 Å². The van der Waals surface area contributed by atoms with E-state index in [1.54, 1.807) is 12.3 Å². The molecule has 0 atom stereocenters. The van der Waals surface area contributed by atoms with Crippen molar-refractivity contribution in [2.24, 2.45) is 0 Å². The van der Waals surface area contributed by atoms with Crippen molar-refractivity contribution in [1.82, 2.24) is 24.8 Å². The lowest BCUT2D eigenvalue weighted by Crippen LogP contribution is -2.37. The third-order valence-electron chi connectivity index (χ3n) is 5.25. The van der Waals surface area contributed by atoms with Gasteiger partial charge >= 0.3 is 6.03 Å². The first-order chi connectivity index (χ1) is 15.6. The fourth-order valence-corrected chi connectivity index (χ4v) is 3.73. The molecule has 9 nitrogen and oxygen atoms in total. The maximum Gasteiger partial charge on any atom is 0.319 e. The highest BCUT2D eigenvalue weighted by molar-refractivity contribution is 6.26. The number of rotatable bonds is 5. The standard InChI is InChI=1S/C23H24ClN7O2/c1-13(2)31-11-17(18-20(25)27-12-28-21(18)31)19(32)14-8-16(10-26-9-14)30-22(33)29-15-4-6-23(3,24)7-5-15/h4-13,15H,1-3H3,(H2,25,27,28)(H2,29,30,33). The second kappa shape index (κ2) is 8.67. The van der Waals surface area contributed by atoms with Crippen LogP contribution in [-0.2, 0) is 0 Å². The first-order valence-electron chi connectivity index (χ1n) is 10.4. The molecule has 0 spiro atoms. The molecule has 0 saturated heterocycles. The van der Waals surface area contributed by atoms with Crippen LogP contribution in [0.2, 0.25) is 0 Å². The molecule has 1 aliphatic carbocycles. The molecule has 0 unspecified atom stereocenters. The Kier molecular flexibility index (Phi) is 5.90. The Labute approximate surface area is 195 Å². The van der Waals surface area contributed by atoms with Crippen molar-refractivity contribution in [3.05, 3.63) is 66.4 Å². The van der Waals surface area contributed by atoms with Crippen molar-refractivity contribution in [2.75, 3.05) is 11.1 Å². The van der Waals surface area contributed by atoms with Crippen LogP contribution in [0, 0.1) is 0 Å². The summed E-state index contributed by atoms with van der Waals surface area (Å²) in [6, 6.07) is 0.904. The average molecular weight is 466 g/mol. The molecule has 0 bridgehead atoms. The van der Waals surface area contributed by atoms with Crippen molar-refractivity contribution >= 4 is 46.0 Å². The molecule has 0 aliphatic heterocycles. The predicted molar refractivity (Wildman–Crippen MR) is 128 cm³/mol. The summed E-state index contributed by atoms with van der Waals surface area (Å²) in [7, 11) is 0. The second-order valence-electron chi connectivity index (χ2n) is 8.29. The quantitative estimate of drug-likeness (QED) is 0.298. The van der Waals surface area contributed by atoms with E-state index in [0.717, 1.165) is 0 Å². The number of amides is 2. The number of allylic oxidation sites excluding steroid dienone is 2. The SMILES string of the molecule is CC(C)n1cc(C(=O)c2cncc(NC(=O)NC3C=CC(C)(Cl)C=C3)c2)c2c(N)ncnc21. The van der Waals surface area contributed by atoms with Gasteiger partial charge in [0.25, 0.3) is 0 Å². The minimum absolute atomic E-state index is 0.0673. The summed E-state index contributed by atoms with van der Waals surface area (Å²) in [5.41, 5.74) is 7.71. The number of alkyl halides is 1. The molecule has 170 valence electrons. The van der Waals surface area contributed by atoms with E-state index in [-0.39, 0.29) is 23.7 Å². The summed E-state index contributed by atoms with van der Waals surface area (Å²) in [5, 5.41) is 6.00. The number of nitrogens with two attached hydrogens (primary N) is 1. The van der Waals surface area contributed by atoms with Gasteiger partial charge in [0.05, 0.1) is 33.7 Å². The third kappa shape index (κ3) is 4.73. The van der Waals surface area contributed by atoms with Crippen LogP contribution in [0.4, 0.5) is 16.3 Å². The molecule has 1 aliphatic rings. The van der Waals surface area contributed by atoms with Gasteiger partial charge in [0, 0.05) is 24.0 Å². The number of hydrogen-bond acceptors (Lipinski definition) is 6. The van der Waals surface area contributed by atoms with Gasteiger partial charge in [-0.1, -0.05) is 24.3 Å². The van der Waals surface area contributed by atoms with Gasteiger partial charge in [-0.3, -0.25) is 9.78 Å². The zero-order valence-electron chi connectivity index (χ0n) is 18.4. The molecule has 0 aromatic carbocycles. The number of halogens is 1. The van der Waals surface area contributed by atoms with Gasteiger partial charge in [0.1, 0.15) is 17.8 Å². The molecule has 3 aromatic heterocycles. The highest BCUT2D eigenvalue weighted by atomic mass is 35.5. The van der Waals surface area contributed by atoms with Crippen LogP contribution in [0.3, 0.4) is 0 Å². The summed E-state index contributed by atoms with van der Waals surface area (Å²) in [5.74, 6) is -0.0667. The van der Waals surface area contributed by atoms with Gasteiger partial charge in [-0.25, -0.2) is 14.8 Å². The highest BCUT2D eigenvalue weighted by Crippen LogP contribution is 2.28. The lowest BCUT2D eigenvalue weighted by atomic mass is 10.0. The van der Waals surface area contributed by atoms with E-state index in [2.05, 4.69) is 25.6 Å². The number of hydrogen-bond donors (Lipinski definition) is 3. The predicted octanol–water partition coefficient (Wildman–Crippen LogP) is 3.83. The number of fused-ring (bicyclic) bond motifs is 1. The molecule has 0 radical (unpaired) electrons. The van der Waals surface area contributed by atoms with Gasteiger partial charge < -0.3 is 20.9 Å². The summed E-state index contributed by atoms with van der Waals surface area (Å²) >= 11 is 6.21. The van der Waals surface area contributed by atoms with Crippen LogP contribution in [0.15, 0.2) is 55.3 Å². The molecule has 0 saturated carbocycles. The van der Waals surface area contributed by atoms with Crippen LogP contribution in [0.25, 0.3) is 11.0 Å². The number of aromatic nitrogens is 4. The molecule has 3 heterocycles. The number of anilines is 2. The Bertz CT molecular complexity index is 1280. The zero-order valence-corrected chi connectivity index (χ0v) is 19.2. The fourth-order valence-electron chi connectivity index (χ4n) is 3.58. The fraction of sp³-hybridized carbons (Fsp3) is 0.261. The van der Waals surface area contributed by atoms with Crippen LogP contribution in [0.5, 0.6) is 0 Å². The molecule has 4 rings (SSSR count). The molecule has 0 fully saturated rings.